The number of phenolic OH excluding ortho intramolecular Hbond substituents is 2. The van der Waals surface area contributed by atoms with Crippen molar-refractivity contribution in [2.24, 2.45) is 5.73 Å². The van der Waals surface area contributed by atoms with Crippen molar-refractivity contribution in [3.8, 4) is 17.2 Å². The molecule has 0 saturated heterocycles. The molecule has 0 heterocycles. The fraction of sp³-hybridized carbons (Fsp3) is 0.333. The molecule has 1 rings (SSSR count). The highest BCUT2D eigenvalue weighted by Gasteiger charge is 2.17. The van der Waals surface area contributed by atoms with Crippen LogP contribution in [0.3, 0.4) is 0 Å². The van der Waals surface area contributed by atoms with Crippen LogP contribution in [-0.2, 0) is 9.53 Å². The lowest BCUT2D eigenvalue weighted by atomic mass is 10.2. The SMILES string of the molecule is COc1cc(C(=O)OCCC(N)C(=O)O)cc(O)c1O. The molecule has 0 saturated carbocycles. The summed E-state index contributed by atoms with van der Waals surface area (Å²) in [4.78, 5) is 22.1. The molecule has 0 spiro atoms. The first kappa shape index (κ1) is 15.6. The first-order valence-electron chi connectivity index (χ1n) is 5.62. The molecule has 8 heteroatoms. The summed E-state index contributed by atoms with van der Waals surface area (Å²) in [5.74, 6) is -3.09. The van der Waals surface area contributed by atoms with E-state index < -0.39 is 29.5 Å². The standard InChI is InChI=1S/C12H15NO7/c1-19-9-5-6(4-8(14)10(9)15)12(18)20-3-2-7(13)11(16)17/h4-5,7,14-15H,2-3,13H2,1H3,(H,16,17). The van der Waals surface area contributed by atoms with Gasteiger partial charge in [0.1, 0.15) is 6.04 Å². The van der Waals surface area contributed by atoms with Crippen molar-refractivity contribution in [2.75, 3.05) is 13.7 Å². The van der Waals surface area contributed by atoms with Gasteiger partial charge in [0.05, 0.1) is 19.3 Å². The second kappa shape index (κ2) is 6.62. The van der Waals surface area contributed by atoms with Crippen molar-refractivity contribution in [2.45, 2.75) is 12.5 Å². The van der Waals surface area contributed by atoms with Crippen LogP contribution < -0.4 is 10.5 Å². The van der Waals surface area contributed by atoms with E-state index in [-0.39, 0.29) is 24.3 Å². The van der Waals surface area contributed by atoms with Crippen LogP contribution in [0.2, 0.25) is 0 Å². The number of rotatable bonds is 6. The van der Waals surface area contributed by atoms with E-state index in [1.165, 1.54) is 13.2 Å². The molecule has 0 bridgehead atoms. The summed E-state index contributed by atoms with van der Waals surface area (Å²) in [5.41, 5.74) is 5.21. The number of aliphatic carboxylic acids is 1. The van der Waals surface area contributed by atoms with Gasteiger partial charge in [0.15, 0.2) is 11.5 Å². The Hall–Kier alpha value is -2.48. The van der Waals surface area contributed by atoms with E-state index in [9.17, 15) is 19.8 Å². The predicted octanol–water partition coefficient (Wildman–Crippen LogP) is 0.0652. The van der Waals surface area contributed by atoms with Gasteiger partial charge in [-0.15, -0.1) is 0 Å². The predicted molar refractivity (Wildman–Crippen MR) is 66.8 cm³/mol. The maximum Gasteiger partial charge on any atom is 0.338 e. The minimum absolute atomic E-state index is 0.0394. The number of carboxylic acids is 1. The van der Waals surface area contributed by atoms with E-state index in [1.807, 2.05) is 0 Å². The highest BCUT2D eigenvalue weighted by Crippen LogP contribution is 2.36. The van der Waals surface area contributed by atoms with Gasteiger partial charge in [-0.1, -0.05) is 0 Å². The minimum atomic E-state index is -1.19. The zero-order valence-electron chi connectivity index (χ0n) is 10.7. The third kappa shape index (κ3) is 3.75. The molecular weight excluding hydrogens is 270 g/mol. The Bertz CT molecular complexity index is 515. The molecule has 1 aromatic carbocycles. The second-order valence-corrected chi connectivity index (χ2v) is 3.92. The van der Waals surface area contributed by atoms with E-state index in [2.05, 4.69) is 0 Å². The molecule has 5 N–H and O–H groups in total. The molecule has 20 heavy (non-hydrogen) atoms. The van der Waals surface area contributed by atoms with Crippen molar-refractivity contribution < 1.29 is 34.4 Å². The summed E-state index contributed by atoms with van der Waals surface area (Å²) in [6.45, 7) is -0.184. The zero-order valence-corrected chi connectivity index (χ0v) is 10.7. The number of carbonyl (C=O) groups excluding carboxylic acids is 1. The Morgan fingerprint density at radius 1 is 1.35 bits per heavy atom. The van der Waals surface area contributed by atoms with E-state index >= 15 is 0 Å². The molecule has 110 valence electrons. The summed E-state index contributed by atoms with van der Waals surface area (Å²) in [7, 11) is 1.26. The monoisotopic (exact) mass is 285 g/mol. The van der Waals surface area contributed by atoms with E-state index in [1.54, 1.807) is 0 Å². The molecule has 0 aliphatic rings. The lowest BCUT2D eigenvalue weighted by Gasteiger charge is -2.10. The van der Waals surface area contributed by atoms with Crippen LogP contribution in [0.15, 0.2) is 12.1 Å². The Morgan fingerprint density at radius 2 is 2.00 bits per heavy atom. The Kier molecular flexibility index (Phi) is 5.15. The number of phenols is 2. The molecular formula is C12H15NO7. The van der Waals surface area contributed by atoms with Crippen molar-refractivity contribution in [3.63, 3.8) is 0 Å². The van der Waals surface area contributed by atoms with Gasteiger partial charge in [0, 0.05) is 6.42 Å². The Labute approximate surface area is 114 Å². The van der Waals surface area contributed by atoms with Crippen LogP contribution in [0.5, 0.6) is 17.2 Å². The third-order valence-electron chi connectivity index (χ3n) is 2.49. The number of esters is 1. The van der Waals surface area contributed by atoms with E-state index in [0.717, 1.165) is 6.07 Å². The van der Waals surface area contributed by atoms with Gasteiger partial charge < -0.3 is 30.5 Å². The highest BCUT2D eigenvalue weighted by atomic mass is 16.5. The van der Waals surface area contributed by atoms with Crippen molar-refractivity contribution >= 4 is 11.9 Å². The fourth-order valence-electron chi connectivity index (χ4n) is 1.35. The van der Waals surface area contributed by atoms with Crippen LogP contribution >= 0.6 is 0 Å². The molecule has 1 aromatic rings. The third-order valence-corrected chi connectivity index (χ3v) is 2.49. The highest BCUT2D eigenvalue weighted by molar-refractivity contribution is 5.91. The quantitative estimate of drug-likeness (QED) is 0.425. The zero-order chi connectivity index (χ0) is 15.3. The molecule has 1 atom stereocenters. The molecule has 0 radical (unpaired) electrons. The maximum atomic E-state index is 11.7. The number of nitrogens with two attached hydrogens (primary N) is 1. The number of aromatic hydroxyl groups is 2. The molecule has 0 amide bonds. The van der Waals surface area contributed by atoms with Crippen LogP contribution in [0.25, 0.3) is 0 Å². The lowest BCUT2D eigenvalue weighted by Crippen LogP contribution is -2.31. The summed E-state index contributed by atoms with van der Waals surface area (Å²) in [5, 5.41) is 27.4. The largest absolute Gasteiger partial charge is 0.504 e. The second-order valence-electron chi connectivity index (χ2n) is 3.92. The lowest BCUT2D eigenvalue weighted by molar-refractivity contribution is -0.138. The van der Waals surface area contributed by atoms with Gasteiger partial charge >= 0.3 is 11.9 Å². The van der Waals surface area contributed by atoms with Gasteiger partial charge in [-0.2, -0.15) is 0 Å². The number of carboxylic acid groups (broad SMARTS) is 1. The molecule has 1 unspecified atom stereocenters. The Balaban J connectivity index is 2.69. The first-order chi connectivity index (χ1) is 9.36. The topological polar surface area (TPSA) is 139 Å². The maximum absolute atomic E-state index is 11.7. The summed E-state index contributed by atoms with van der Waals surface area (Å²) >= 11 is 0. The van der Waals surface area contributed by atoms with E-state index in [0.29, 0.717) is 0 Å². The van der Waals surface area contributed by atoms with Gasteiger partial charge in [-0.25, -0.2) is 4.79 Å². The smallest absolute Gasteiger partial charge is 0.338 e. The van der Waals surface area contributed by atoms with Crippen LogP contribution in [0.1, 0.15) is 16.8 Å². The van der Waals surface area contributed by atoms with Gasteiger partial charge in [0.2, 0.25) is 5.75 Å². The molecule has 0 aliphatic carbocycles. The number of methoxy groups -OCH3 is 1. The average Bonchev–Trinajstić information content (AvgIpc) is 2.41. The number of hydrogen-bond donors (Lipinski definition) is 4. The fourth-order valence-corrected chi connectivity index (χ4v) is 1.35. The van der Waals surface area contributed by atoms with Crippen molar-refractivity contribution in [1.29, 1.82) is 0 Å². The van der Waals surface area contributed by atoms with Gasteiger partial charge in [0.25, 0.3) is 0 Å². The van der Waals surface area contributed by atoms with Gasteiger partial charge in [-0.3, -0.25) is 4.79 Å². The molecule has 0 fully saturated rings. The molecule has 0 aromatic heterocycles. The first-order valence-corrected chi connectivity index (χ1v) is 5.62. The van der Waals surface area contributed by atoms with Crippen molar-refractivity contribution in [3.05, 3.63) is 17.7 Å². The number of ether oxygens (including phenoxy) is 2. The normalized spacial score (nSPS) is 11.7. The number of hydrogen-bond acceptors (Lipinski definition) is 7. The summed E-state index contributed by atoms with van der Waals surface area (Å²) in [6, 6.07) is 1.08. The average molecular weight is 285 g/mol. The van der Waals surface area contributed by atoms with Crippen LogP contribution in [0.4, 0.5) is 0 Å². The summed E-state index contributed by atoms with van der Waals surface area (Å²) in [6.07, 6.45) is -0.0394. The van der Waals surface area contributed by atoms with Gasteiger partial charge in [-0.05, 0) is 12.1 Å². The number of carbonyl (C=O) groups is 2. The van der Waals surface area contributed by atoms with Crippen LogP contribution in [0, 0.1) is 0 Å². The van der Waals surface area contributed by atoms with Crippen LogP contribution in [-0.4, -0.2) is 47.0 Å². The summed E-state index contributed by atoms with van der Waals surface area (Å²) < 4.78 is 9.59. The Morgan fingerprint density at radius 3 is 2.55 bits per heavy atom. The minimum Gasteiger partial charge on any atom is -0.504 e. The van der Waals surface area contributed by atoms with E-state index in [4.69, 9.17) is 20.3 Å². The molecule has 8 nitrogen and oxygen atoms in total. The van der Waals surface area contributed by atoms with Crippen molar-refractivity contribution in [1.82, 2.24) is 0 Å². The molecule has 0 aliphatic heterocycles. The number of benzene rings is 1.